The summed E-state index contributed by atoms with van der Waals surface area (Å²) in [6.07, 6.45) is 3.80. The van der Waals surface area contributed by atoms with E-state index in [1.54, 1.807) is 0 Å². The first kappa shape index (κ1) is 17.8. The summed E-state index contributed by atoms with van der Waals surface area (Å²) in [5.41, 5.74) is 9.06. The van der Waals surface area contributed by atoms with Gasteiger partial charge in [0.05, 0.1) is 11.4 Å². The van der Waals surface area contributed by atoms with Crippen molar-refractivity contribution in [3.8, 4) is 0 Å². The summed E-state index contributed by atoms with van der Waals surface area (Å²) in [7, 11) is 0. The van der Waals surface area contributed by atoms with E-state index in [1.807, 2.05) is 12.4 Å². The van der Waals surface area contributed by atoms with Crippen molar-refractivity contribution in [1.82, 2.24) is 0 Å². The number of nitrogens with zero attached hydrogens (tertiary/aromatic N) is 2. The van der Waals surface area contributed by atoms with Crippen molar-refractivity contribution in [2.45, 2.75) is 27.7 Å². The van der Waals surface area contributed by atoms with E-state index < -0.39 is 0 Å². The Morgan fingerprint density at radius 1 is 0.500 bits per heavy atom. The van der Waals surface area contributed by atoms with Gasteiger partial charge >= 0.3 is 0 Å². The van der Waals surface area contributed by atoms with Crippen LogP contribution in [0.15, 0.2) is 70.6 Å². The molecule has 26 heavy (non-hydrogen) atoms. The molecule has 0 amide bonds. The molecule has 2 heteroatoms. The number of aryl methyl sites for hydroxylation is 4. The largest absolute Gasteiger partial charge is 0.256 e. The number of rotatable bonds is 4. The molecule has 0 aliphatic carbocycles. The van der Waals surface area contributed by atoms with Crippen molar-refractivity contribution < 1.29 is 0 Å². The van der Waals surface area contributed by atoms with Gasteiger partial charge in [-0.1, -0.05) is 36.4 Å². The lowest BCUT2D eigenvalue weighted by atomic mass is 10.1. The summed E-state index contributed by atoms with van der Waals surface area (Å²) in [5, 5.41) is 0. The summed E-state index contributed by atoms with van der Waals surface area (Å²) in [6.45, 7) is 8.37. The molecule has 0 atom stereocenters. The fourth-order valence-corrected chi connectivity index (χ4v) is 3.02. The lowest BCUT2D eigenvalue weighted by molar-refractivity contribution is 1.36. The number of benzene rings is 3. The van der Waals surface area contributed by atoms with Gasteiger partial charge in [-0.2, -0.15) is 0 Å². The molecule has 0 N–H and O–H groups in total. The molecule has 0 aromatic heterocycles. The molecule has 0 aliphatic rings. The number of aliphatic imine (C=N–C) groups is 2. The summed E-state index contributed by atoms with van der Waals surface area (Å²) in [6, 6.07) is 20.9. The van der Waals surface area contributed by atoms with E-state index in [1.165, 1.54) is 22.3 Å². The molecular formula is C24H24N2. The van der Waals surface area contributed by atoms with E-state index >= 15 is 0 Å². The van der Waals surface area contributed by atoms with Gasteiger partial charge in [-0.15, -0.1) is 0 Å². The quantitative estimate of drug-likeness (QED) is 0.489. The predicted octanol–water partition coefficient (Wildman–Crippen LogP) is 6.42. The van der Waals surface area contributed by atoms with Gasteiger partial charge in [0.15, 0.2) is 0 Å². The molecule has 2 nitrogen and oxygen atoms in total. The van der Waals surface area contributed by atoms with Gasteiger partial charge in [0.2, 0.25) is 0 Å². The minimum atomic E-state index is 0.989. The zero-order chi connectivity index (χ0) is 18.5. The van der Waals surface area contributed by atoms with Gasteiger partial charge in [0, 0.05) is 12.4 Å². The highest BCUT2D eigenvalue weighted by molar-refractivity contribution is 5.86. The van der Waals surface area contributed by atoms with Crippen LogP contribution in [-0.4, -0.2) is 12.4 Å². The molecule has 0 spiro atoms. The Kier molecular flexibility index (Phi) is 5.43. The van der Waals surface area contributed by atoms with Crippen LogP contribution < -0.4 is 0 Å². The molecule has 0 radical (unpaired) electrons. The molecule has 3 rings (SSSR count). The average molecular weight is 340 g/mol. The van der Waals surface area contributed by atoms with Crippen LogP contribution in [0.4, 0.5) is 11.4 Å². The van der Waals surface area contributed by atoms with Crippen LogP contribution in [0.25, 0.3) is 0 Å². The summed E-state index contributed by atoms with van der Waals surface area (Å²) in [4.78, 5) is 9.16. The smallest absolute Gasteiger partial charge is 0.0635 e. The number of hydrogen-bond donors (Lipinski definition) is 0. The molecular weight excluding hydrogens is 316 g/mol. The Morgan fingerprint density at radius 3 is 1.12 bits per heavy atom. The maximum atomic E-state index is 4.58. The van der Waals surface area contributed by atoms with Crippen LogP contribution in [0.3, 0.4) is 0 Å². The van der Waals surface area contributed by atoms with Gasteiger partial charge in [-0.3, -0.25) is 9.98 Å². The zero-order valence-corrected chi connectivity index (χ0v) is 15.8. The minimum Gasteiger partial charge on any atom is -0.256 e. The zero-order valence-electron chi connectivity index (χ0n) is 15.8. The molecule has 0 aliphatic heterocycles. The Labute approximate surface area is 156 Å². The number of hydrogen-bond acceptors (Lipinski definition) is 2. The van der Waals surface area contributed by atoms with Crippen LogP contribution in [0.1, 0.15) is 33.4 Å². The van der Waals surface area contributed by atoms with Crippen LogP contribution in [0, 0.1) is 27.7 Å². The molecule has 3 aromatic carbocycles. The van der Waals surface area contributed by atoms with Gasteiger partial charge < -0.3 is 0 Å². The van der Waals surface area contributed by atoms with Crippen LogP contribution in [0.5, 0.6) is 0 Å². The van der Waals surface area contributed by atoms with Crippen LogP contribution in [0.2, 0.25) is 0 Å². The standard InChI is InChI=1S/C24H24N2/c1-17-9-18(2)12-23(11-17)25-15-21-5-7-22(8-6-21)16-26-24-13-19(3)10-20(4)14-24/h5-16H,1-4H3. The lowest BCUT2D eigenvalue weighted by Crippen LogP contribution is -1.85. The molecule has 0 unspecified atom stereocenters. The SMILES string of the molecule is Cc1cc(C)cc(N=Cc2ccc(C=Nc3cc(C)cc(C)c3)cc2)c1. The van der Waals surface area contributed by atoms with Crippen molar-refractivity contribution in [3.05, 3.63) is 94.0 Å². The highest BCUT2D eigenvalue weighted by Gasteiger charge is 1.96. The first-order valence-corrected chi connectivity index (χ1v) is 8.83. The molecule has 0 fully saturated rings. The van der Waals surface area contributed by atoms with Gasteiger partial charge in [0.25, 0.3) is 0 Å². The fourth-order valence-electron chi connectivity index (χ4n) is 3.02. The lowest BCUT2D eigenvalue weighted by Gasteiger charge is -2.01. The van der Waals surface area contributed by atoms with Crippen molar-refractivity contribution >= 4 is 23.8 Å². The highest BCUT2D eigenvalue weighted by atomic mass is 14.7. The maximum absolute atomic E-state index is 4.58. The average Bonchev–Trinajstić information content (AvgIpc) is 2.57. The fraction of sp³-hybridized carbons (Fsp3) is 0.167. The van der Waals surface area contributed by atoms with Crippen molar-refractivity contribution in [1.29, 1.82) is 0 Å². The maximum Gasteiger partial charge on any atom is 0.0635 e. The predicted molar refractivity (Wildman–Crippen MR) is 113 cm³/mol. The normalized spacial score (nSPS) is 11.5. The van der Waals surface area contributed by atoms with E-state index in [0.29, 0.717) is 0 Å². The Morgan fingerprint density at radius 2 is 0.808 bits per heavy atom. The summed E-state index contributed by atoms with van der Waals surface area (Å²) >= 11 is 0. The first-order chi connectivity index (χ1) is 12.5. The molecule has 3 aromatic rings. The minimum absolute atomic E-state index is 0.989. The third-order valence-corrected chi connectivity index (χ3v) is 4.07. The summed E-state index contributed by atoms with van der Waals surface area (Å²) in [5.74, 6) is 0. The topological polar surface area (TPSA) is 24.7 Å². The summed E-state index contributed by atoms with van der Waals surface area (Å²) < 4.78 is 0. The highest BCUT2D eigenvalue weighted by Crippen LogP contribution is 2.18. The molecule has 130 valence electrons. The monoisotopic (exact) mass is 340 g/mol. The second-order valence-corrected chi connectivity index (χ2v) is 6.87. The first-order valence-electron chi connectivity index (χ1n) is 8.83. The van der Waals surface area contributed by atoms with E-state index in [0.717, 1.165) is 22.5 Å². The van der Waals surface area contributed by atoms with E-state index in [4.69, 9.17) is 0 Å². The molecule has 0 bridgehead atoms. The Balaban J connectivity index is 1.71. The second-order valence-electron chi connectivity index (χ2n) is 6.87. The second kappa shape index (κ2) is 7.92. The molecule has 0 saturated heterocycles. The van der Waals surface area contributed by atoms with Crippen molar-refractivity contribution in [2.24, 2.45) is 9.98 Å². The third-order valence-electron chi connectivity index (χ3n) is 4.07. The van der Waals surface area contributed by atoms with Crippen molar-refractivity contribution in [3.63, 3.8) is 0 Å². The van der Waals surface area contributed by atoms with Crippen LogP contribution in [-0.2, 0) is 0 Å². The van der Waals surface area contributed by atoms with E-state index in [9.17, 15) is 0 Å². The Bertz CT molecular complexity index is 843. The Hall–Kier alpha value is -3.00. The van der Waals surface area contributed by atoms with Gasteiger partial charge in [0.1, 0.15) is 0 Å². The molecule has 0 heterocycles. The van der Waals surface area contributed by atoms with E-state index in [-0.39, 0.29) is 0 Å². The van der Waals surface area contributed by atoms with Gasteiger partial charge in [-0.05, 0) is 85.3 Å². The van der Waals surface area contributed by atoms with Crippen LogP contribution >= 0.6 is 0 Å². The third kappa shape index (κ3) is 5.00. The van der Waals surface area contributed by atoms with E-state index in [2.05, 4.69) is 98.3 Å². The van der Waals surface area contributed by atoms with Gasteiger partial charge in [-0.25, -0.2) is 0 Å². The van der Waals surface area contributed by atoms with Crippen molar-refractivity contribution in [2.75, 3.05) is 0 Å². The molecule has 0 saturated carbocycles.